The highest BCUT2D eigenvalue weighted by atomic mass is 32.2. The predicted molar refractivity (Wildman–Crippen MR) is 92.2 cm³/mol. The van der Waals surface area contributed by atoms with Crippen LogP contribution < -0.4 is 0 Å². The fourth-order valence-corrected chi connectivity index (χ4v) is 3.29. The van der Waals surface area contributed by atoms with Crippen molar-refractivity contribution in [1.82, 2.24) is 4.90 Å². The summed E-state index contributed by atoms with van der Waals surface area (Å²) in [5.74, 6) is -0.250. The van der Waals surface area contributed by atoms with Crippen molar-refractivity contribution in [2.75, 3.05) is 6.26 Å². The molecule has 1 fully saturated rings. The van der Waals surface area contributed by atoms with E-state index in [9.17, 15) is 14.4 Å². The smallest absolute Gasteiger partial charge is 0.257 e. The third-order valence-corrected chi connectivity index (χ3v) is 4.89. The van der Waals surface area contributed by atoms with Gasteiger partial charge in [0.05, 0.1) is 11.8 Å². The van der Waals surface area contributed by atoms with Gasteiger partial charge in [-0.15, -0.1) is 11.8 Å². The zero-order valence-electron chi connectivity index (χ0n) is 13.5. The molecule has 0 radical (unpaired) electrons. The van der Waals surface area contributed by atoms with E-state index in [-0.39, 0.29) is 23.0 Å². The molecular formula is C18H21NO3S. The van der Waals surface area contributed by atoms with Gasteiger partial charge < -0.3 is 0 Å². The highest BCUT2D eigenvalue weighted by molar-refractivity contribution is 7.99. The molecule has 0 saturated carbocycles. The van der Waals surface area contributed by atoms with Gasteiger partial charge >= 0.3 is 0 Å². The van der Waals surface area contributed by atoms with Crippen LogP contribution in [0.2, 0.25) is 0 Å². The fraction of sp³-hybridized carbons (Fsp3) is 0.389. The Balaban J connectivity index is 1.87. The summed E-state index contributed by atoms with van der Waals surface area (Å²) in [4.78, 5) is 37.5. The molecule has 0 aliphatic carbocycles. The number of hydrogen-bond acceptors (Lipinski definition) is 4. The Kier molecular flexibility index (Phi) is 6.16. The second-order valence-corrected chi connectivity index (χ2v) is 6.44. The van der Waals surface area contributed by atoms with Crippen LogP contribution >= 0.6 is 11.8 Å². The van der Waals surface area contributed by atoms with E-state index in [0.717, 1.165) is 0 Å². The lowest BCUT2D eigenvalue weighted by Crippen LogP contribution is -2.54. The molecular weight excluding hydrogens is 310 g/mol. The van der Waals surface area contributed by atoms with Gasteiger partial charge in [-0.05, 0) is 26.0 Å². The number of rotatable bonds is 7. The molecule has 4 nitrogen and oxygen atoms in total. The second kappa shape index (κ2) is 8.11. The highest BCUT2D eigenvalue weighted by Crippen LogP contribution is 2.30. The molecule has 2 amide bonds. The van der Waals surface area contributed by atoms with E-state index in [1.165, 1.54) is 16.7 Å². The van der Waals surface area contributed by atoms with Gasteiger partial charge in [-0.1, -0.05) is 36.4 Å². The molecule has 1 aromatic rings. The van der Waals surface area contributed by atoms with Gasteiger partial charge in [-0.3, -0.25) is 19.3 Å². The Labute approximate surface area is 140 Å². The van der Waals surface area contributed by atoms with Crippen LogP contribution in [-0.2, 0) is 9.59 Å². The SMILES string of the molecule is CC=C(CCCC(=O)c1ccccc1)C(=O)N1C(=O)CC1SC. The van der Waals surface area contributed by atoms with Crippen molar-refractivity contribution in [3.05, 3.63) is 47.5 Å². The van der Waals surface area contributed by atoms with E-state index in [0.29, 0.717) is 36.8 Å². The molecule has 23 heavy (non-hydrogen) atoms. The minimum atomic E-state index is -0.213. The third-order valence-electron chi connectivity index (χ3n) is 3.97. The summed E-state index contributed by atoms with van der Waals surface area (Å²) in [5.41, 5.74) is 1.30. The van der Waals surface area contributed by atoms with Crippen LogP contribution in [0.5, 0.6) is 0 Å². The van der Waals surface area contributed by atoms with Crippen LogP contribution in [-0.4, -0.2) is 34.1 Å². The number of β-lactam (4-membered cyclic amide) rings is 1. The Morgan fingerprint density at radius 3 is 2.52 bits per heavy atom. The minimum absolute atomic E-state index is 0.0455. The molecule has 1 aliphatic rings. The zero-order chi connectivity index (χ0) is 16.8. The largest absolute Gasteiger partial charge is 0.294 e. The average molecular weight is 331 g/mol. The molecule has 1 heterocycles. The minimum Gasteiger partial charge on any atom is -0.294 e. The number of likely N-dealkylation sites (tertiary alicyclic amines) is 1. The number of carbonyl (C=O) groups is 3. The van der Waals surface area contributed by atoms with Gasteiger partial charge in [-0.25, -0.2) is 0 Å². The molecule has 0 spiro atoms. The highest BCUT2D eigenvalue weighted by Gasteiger charge is 2.40. The molecule has 122 valence electrons. The van der Waals surface area contributed by atoms with Crippen LogP contribution in [0.15, 0.2) is 42.0 Å². The van der Waals surface area contributed by atoms with E-state index >= 15 is 0 Å². The molecule has 1 aromatic carbocycles. The summed E-state index contributed by atoms with van der Waals surface area (Å²) >= 11 is 1.51. The Bertz CT molecular complexity index is 624. The van der Waals surface area contributed by atoms with E-state index in [2.05, 4.69) is 0 Å². The number of Topliss-reactive ketones (excluding diaryl/α,β-unsaturated/α-hetero) is 1. The Morgan fingerprint density at radius 1 is 1.26 bits per heavy atom. The molecule has 1 aliphatic heterocycles. The Morgan fingerprint density at radius 2 is 1.96 bits per heavy atom. The standard InChI is InChI=1S/C18H21NO3S/c1-3-13(18(22)19-16(21)12-17(19)23-2)10-7-11-15(20)14-8-5-4-6-9-14/h3-6,8-9,17H,7,10-12H2,1-2H3. The first-order valence-electron chi connectivity index (χ1n) is 7.71. The van der Waals surface area contributed by atoms with E-state index in [4.69, 9.17) is 0 Å². The number of allylic oxidation sites excluding steroid dienone is 1. The number of nitrogens with zero attached hydrogens (tertiary/aromatic N) is 1. The molecule has 0 aromatic heterocycles. The topological polar surface area (TPSA) is 54.5 Å². The summed E-state index contributed by atoms with van der Waals surface area (Å²) in [6, 6.07) is 9.15. The number of hydrogen-bond donors (Lipinski definition) is 0. The van der Waals surface area contributed by atoms with Crippen LogP contribution in [0.25, 0.3) is 0 Å². The number of benzene rings is 1. The van der Waals surface area contributed by atoms with Crippen molar-refractivity contribution < 1.29 is 14.4 Å². The molecule has 0 N–H and O–H groups in total. The van der Waals surface area contributed by atoms with E-state index in [1.807, 2.05) is 24.5 Å². The van der Waals surface area contributed by atoms with Crippen LogP contribution in [0.4, 0.5) is 0 Å². The number of carbonyl (C=O) groups excluding carboxylic acids is 3. The second-order valence-electron chi connectivity index (χ2n) is 5.42. The molecule has 5 heteroatoms. The maximum atomic E-state index is 12.4. The normalized spacial score (nSPS) is 17.8. The molecule has 2 rings (SSSR count). The van der Waals surface area contributed by atoms with Gasteiger partial charge in [0.2, 0.25) is 5.91 Å². The van der Waals surface area contributed by atoms with Crippen molar-refractivity contribution in [2.45, 2.75) is 38.0 Å². The lowest BCUT2D eigenvalue weighted by Gasteiger charge is -2.37. The lowest BCUT2D eigenvalue weighted by molar-refractivity contribution is -0.151. The van der Waals surface area contributed by atoms with Crippen LogP contribution in [0.1, 0.15) is 43.0 Å². The van der Waals surface area contributed by atoms with Crippen molar-refractivity contribution in [2.24, 2.45) is 0 Å². The van der Waals surface area contributed by atoms with Crippen LogP contribution in [0, 0.1) is 0 Å². The maximum absolute atomic E-state index is 12.4. The van der Waals surface area contributed by atoms with Gasteiger partial charge in [0.15, 0.2) is 5.78 Å². The summed E-state index contributed by atoms with van der Waals surface area (Å²) in [5, 5.41) is -0.0455. The first kappa shape index (κ1) is 17.5. The average Bonchev–Trinajstić information content (AvgIpc) is 2.56. The first-order valence-corrected chi connectivity index (χ1v) is 9.00. The quantitative estimate of drug-likeness (QED) is 0.436. The predicted octanol–water partition coefficient (Wildman–Crippen LogP) is 3.43. The summed E-state index contributed by atoms with van der Waals surface area (Å²) in [6.07, 6.45) is 5.58. The summed E-state index contributed by atoms with van der Waals surface area (Å²) in [7, 11) is 0. The third kappa shape index (κ3) is 4.10. The van der Waals surface area contributed by atoms with Gasteiger partial charge in [-0.2, -0.15) is 0 Å². The molecule has 1 unspecified atom stereocenters. The van der Waals surface area contributed by atoms with Crippen LogP contribution in [0.3, 0.4) is 0 Å². The van der Waals surface area contributed by atoms with E-state index in [1.54, 1.807) is 25.1 Å². The van der Waals surface area contributed by atoms with Crippen molar-refractivity contribution in [3.8, 4) is 0 Å². The monoisotopic (exact) mass is 331 g/mol. The number of imide groups is 1. The van der Waals surface area contributed by atoms with E-state index < -0.39 is 0 Å². The molecule has 0 bridgehead atoms. The fourth-order valence-electron chi connectivity index (χ4n) is 2.56. The van der Waals surface area contributed by atoms with Gasteiger partial charge in [0, 0.05) is 17.6 Å². The Hall–Kier alpha value is -1.88. The van der Waals surface area contributed by atoms with Crippen molar-refractivity contribution >= 4 is 29.4 Å². The summed E-state index contributed by atoms with van der Waals surface area (Å²) in [6.45, 7) is 1.80. The van der Waals surface area contributed by atoms with Crippen molar-refractivity contribution in [1.29, 1.82) is 0 Å². The number of thioether (sulfide) groups is 1. The van der Waals surface area contributed by atoms with Crippen molar-refractivity contribution in [3.63, 3.8) is 0 Å². The molecule has 1 saturated heterocycles. The van der Waals surface area contributed by atoms with Gasteiger partial charge in [0.1, 0.15) is 0 Å². The number of amides is 2. The summed E-state index contributed by atoms with van der Waals surface area (Å²) < 4.78 is 0. The first-order chi connectivity index (χ1) is 11.1. The zero-order valence-corrected chi connectivity index (χ0v) is 14.3. The van der Waals surface area contributed by atoms with Gasteiger partial charge in [0.25, 0.3) is 5.91 Å². The number of ketones is 1. The molecule has 1 atom stereocenters. The lowest BCUT2D eigenvalue weighted by atomic mass is 10.0. The maximum Gasteiger partial charge on any atom is 0.257 e.